The molecule has 0 atom stereocenters. The van der Waals surface area contributed by atoms with Gasteiger partial charge < -0.3 is 10.2 Å². The van der Waals surface area contributed by atoms with E-state index in [2.05, 4.69) is 41.0 Å². The Morgan fingerprint density at radius 3 is 2.45 bits per heavy atom. The van der Waals surface area contributed by atoms with E-state index in [1.54, 1.807) is 11.3 Å². The van der Waals surface area contributed by atoms with Crippen molar-refractivity contribution in [3.05, 3.63) is 34.5 Å². The van der Waals surface area contributed by atoms with Gasteiger partial charge in [0.15, 0.2) is 0 Å². The average Bonchev–Trinajstić information content (AvgIpc) is 2.89. The highest BCUT2D eigenvalue weighted by molar-refractivity contribution is 7.07. The quantitative estimate of drug-likeness (QED) is 0.917. The van der Waals surface area contributed by atoms with Gasteiger partial charge in [-0.1, -0.05) is 0 Å². The van der Waals surface area contributed by atoms with Crippen LogP contribution in [0.1, 0.15) is 32.0 Å². The van der Waals surface area contributed by atoms with Gasteiger partial charge in [-0.05, 0) is 20.8 Å². The molecule has 0 unspecified atom stereocenters. The number of aromatic nitrogens is 3. The molecule has 2 aromatic rings. The topological polar surface area (TPSA) is 53.9 Å². The molecule has 2 rings (SSSR count). The van der Waals surface area contributed by atoms with Crippen LogP contribution in [0.2, 0.25) is 0 Å². The predicted octanol–water partition coefficient (Wildman–Crippen LogP) is 2.46. The SMILES string of the molecule is CN(Cc1cscn1)c1ncc(CNC(C)(C)C)cn1. The maximum atomic E-state index is 4.41. The minimum atomic E-state index is 0.0973. The van der Waals surface area contributed by atoms with Gasteiger partial charge in [-0.15, -0.1) is 11.3 Å². The van der Waals surface area contributed by atoms with E-state index in [0.717, 1.165) is 30.3 Å². The Morgan fingerprint density at radius 2 is 1.90 bits per heavy atom. The Kier molecular flexibility index (Phi) is 4.67. The van der Waals surface area contributed by atoms with Crippen molar-refractivity contribution < 1.29 is 0 Å². The van der Waals surface area contributed by atoms with Crippen LogP contribution in [0, 0.1) is 0 Å². The molecule has 5 nitrogen and oxygen atoms in total. The Morgan fingerprint density at radius 1 is 1.20 bits per heavy atom. The second kappa shape index (κ2) is 6.28. The first-order valence-corrected chi connectivity index (χ1v) is 7.52. The molecule has 108 valence electrons. The lowest BCUT2D eigenvalue weighted by Crippen LogP contribution is -2.35. The number of nitrogens with zero attached hydrogens (tertiary/aromatic N) is 4. The smallest absolute Gasteiger partial charge is 0.225 e. The molecule has 0 aliphatic carbocycles. The van der Waals surface area contributed by atoms with E-state index >= 15 is 0 Å². The predicted molar refractivity (Wildman–Crippen MR) is 82.8 cm³/mol. The molecule has 0 fully saturated rings. The van der Waals surface area contributed by atoms with Crippen LogP contribution in [0.5, 0.6) is 0 Å². The zero-order chi connectivity index (χ0) is 14.6. The number of nitrogens with one attached hydrogen (secondary N) is 1. The fourth-order valence-corrected chi connectivity index (χ4v) is 2.18. The van der Waals surface area contributed by atoms with Crippen molar-refractivity contribution >= 4 is 17.3 Å². The number of hydrogen-bond donors (Lipinski definition) is 1. The molecule has 0 amide bonds. The second-order valence-corrected chi connectivity index (χ2v) is 6.55. The number of rotatable bonds is 5. The standard InChI is InChI=1S/C14H21N5S/c1-14(2,3)18-7-11-5-15-13(16-6-11)19(4)8-12-9-20-10-17-12/h5-6,9-10,18H,7-8H2,1-4H3. The molecule has 6 heteroatoms. The minimum Gasteiger partial charge on any atom is -0.338 e. The fourth-order valence-electron chi connectivity index (χ4n) is 1.63. The third kappa shape index (κ3) is 4.54. The third-order valence-corrected chi connectivity index (χ3v) is 3.37. The molecule has 0 aliphatic heterocycles. The summed E-state index contributed by atoms with van der Waals surface area (Å²) >= 11 is 1.60. The molecule has 20 heavy (non-hydrogen) atoms. The lowest BCUT2D eigenvalue weighted by atomic mass is 10.1. The van der Waals surface area contributed by atoms with E-state index in [9.17, 15) is 0 Å². The normalized spacial score (nSPS) is 11.6. The van der Waals surface area contributed by atoms with Crippen molar-refractivity contribution in [3.63, 3.8) is 0 Å². The van der Waals surface area contributed by atoms with E-state index in [4.69, 9.17) is 0 Å². The van der Waals surface area contributed by atoms with Gasteiger partial charge in [-0.2, -0.15) is 0 Å². The van der Waals surface area contributed by atoms with E-state index in [-0.39, 0.29) is 5.54 Å². The van der Waals surface area contributed by atoms with Crippen molar-refractivity contribution in [3.8, 4) is 0 Å². The zero-order valence-electron chi connectivity index (χ0n) is 12.4. The molecule has 0 saturated carbocycles. The molecule has 0 aliphatic rings. The van der Waals surface area contributed by atoms with Crippen molar-refractivity contribution in [2.45, 2.75) is 39.4 Å². The van der Waals surface area contributed by atoms with Gasteiger partial charge in [0.1, 0.15) is 0 Å². The van der Waals surface area contributed by atoms with Crippen molar-refractivity contribution in [1.29, 1.82) is 0 Å². The van der Waals surface area contributed by atoms with Crippen LogP contribution in [0.25, 0.3) is 0 Å². The summed E-state index contributed by atoms with van der Waals surface area (Å²) in [6.45, 7) is 7.93. The van der Waals surface area contributed by atoms with Crippen molar-refractivity contribution in [1.82, 2.24) is 20.3 Å². The second-order valence-electron chi connectivity index (χ2n) is 5.83. The first-order chi connectivity index (χ1) is 9.44. The summed E-state index contributed by atoms with van der Waals surface area (Å²) in [5.41, 5.74) is 4.07. The fraction of sp³-hybridized carbons (Fsp3) is 0.500. The third-order valence-electron chi connectivity index (χ3n) is 2.74. The summed E-state index contributed by atoms with van der Waals surface area (Å²) < 4.78 is 0. The number of hydrogen-bond acceptors (Lipinski definition) is 6. The molecular formula is C14H21N5S. The summed E-state index contributed by atoms with van der Waals surface area (Å²) in [5.74, 6) is 0.720. The lowest BCUT2D eigenvalue weighted by molar-refractivity contribution is 0.423. The van der Waals surface area contributed by atoms with Crippen LogP contribution in [0.4, 0.5) is 5.95 Å². The lowest BCUT2D eigenvalue weighted by Gasteiger charge is -2.20. The van der Waals surface area contributed by atoms with Crippen LogP contribution in [0.3, 0.4) is 0 Å². The highest BCUT2D eigenvalue weighted by Gasteiger charge is 2.10. The van der Waals surface area contributed by atoms with E-state index in [1.165, 1.54) is 0 Å². The average molecular weight is 291 g/mol. The van der Waals surface area contributed by atoms with Crippen LogP contribution in [-0.2, 0) is 13.1 Å². The van der Waals surface area contributed by atoms with Gasteiger partial charge in [0.2, 0.25) is 5.95 Å². The summed E-state index contributed by atoms with van der Waals surface area (Å²) in [6.07, 6.45) is 3.75. The number of anilines is 1. The molecule has 0 saturated heterocycles. The first-order valence-electron chi connectivity index (χ1n) is 6.58. The Bertz CT molecular complexity index is 515. The van der Waals surface area contributed by atoms with Crippen LogP contribution in [0.15, 0.2) is 23.3 Å². The molecular weight excluding hydrogens is 270 g/mol. The van der Waals surface area contributed by atoms with E-state index < -0.39 is 0 Å². The van der Waals surface area contributed by atoms with Gasteiger partial charge in [-0.25, -0.2) is 15.0 Å². The Hall–Kier alpha value is -1.53. The minimum absolute atomic E-state index is 0.0973. The highest BCUT2D eigenvalue weighted by Crippen LogP contribution is 2.11. The molecule has 2 aromatic heterocycles. The first kappa shape index (κ1) is 14.9. The molecule has 0 bridgehead atoms. The number of thiazole rings is 1. The van der Waals surface area contributed by atoms with Gasteiger partial charge in [0, 0.05) is 42.5 Å². The van der Waals surface area contributed by atoms with Crippen molar-refractivity contribution in [2.75, 3.05) is 11.9 Å². The summed E-state index contributed by atoms with van der Waals surface area (Å²) in [5, 5.41) is 5.46. The van der Waals surface area contributed by atoms with Gasteiger partial charge in [0.25, 0.3) is 0 Å². The van der Waals surface area contributed by atoms with Crippen LogP contribution in [-0.4, -0.2) is 27.5 Å². The monoisotopic (exact) mass is 291 g/mol. The molecule has 0 aromatic carbocycles. The van der Waals surface area contributed by atoms with Gasteiger partial charge in [0.05, 0.1) is 17.7 Å². The Labute approximate surface area is 124 Å². The van der Waals surface area contributed by atoms with Crippen LogP contribution < -0.4 is 10.2 Å². The summed E-state index contributed by atoms with van der Waals surface area (Å²) in [4.78, 5) is 15.1. The molecule has 0 spiro atoms. The molecule has 0 radical (unpaired) electrons. The maximum Gasteiger partial charge on any atom is 0.225 e. The highest BCUT2D eigenvalue weighted by atomic mass is 32.1. The van der Waals surface area contributed by atoms with Crippen LogP contribution >= 0.6 is 11.3 Å². The van der Waals surface area contributed by atoms with Gasteiger partial charge >= 0.3 is 0 Å². The zero-order valence-corrected chi connectivity index (χ0v) is 13.2. The largest absolute Gasteiger partial charge is 0.338 e. The summed E-state index contributed by atoms with van der Waals surface area (Å²) in [6, 6.07) is 0. The van der Waals surface area contributed by atoms with Gasteiger partial charge in [-0.3, -0.25) is 0 Å². The summed E-state index contributed by atoms with van der Waals surface area (Å²) in [7, 11) is 1.97. The van der Waals surface area contributed by atoms with Crippen molar-refractivity contribution in [2.24, 2.45) is 0 Å². The van der Waals surface area contributed by atoms with E-state index in [1.807, 2.05) is 35.2 Å². The van der Waals surface area contributed by atoms with E-state index in [0.29, 0.717) is 0 Å². The molecule has 1 N–H and O–H groups in total. The maximum absolute atomic E-state index is 4.41. The Balaban J connectivity index is 1.93. The molecule has 2 heterocycles.